The topological polar surface area (TPSA) is 66.0 Å². The fraction of sp³-hybridized carbons (Fsp3) is 0.438. The number of pyridine rings is 1. The Morgan fingerprint density at radius 1 is 1.27 bits per heavy atom. The molecular weight excluding hydrogens is 276 g/mol. The number of anilines is 2. The highest BCUT2D eigenvalue weighted by Crippen LogP contribution is 2.33. The Hall–Kier alpha value is -2.21. The van der Waals surface area contributed by atoms with Crippen LogP contribution in [0.5, 0.6) is 0 Å². The van der Waals surface area contributed by atoms with Crippen LogP contribution in [0.1, 0.15) is 30.1 Å². The highest BCUT2D eigenvalue weighted by Gasteiger charge is 2.28. The fourth-order valence-corrected chi connectivity index (χ4v) is 3.02. The van der Waals surface area contributed by atoms with Crippen LogP contribution in [0, 0.1) is 0 Å². The number of hydrogen-bond donors (Lipinski definition) is 2. The van der Waals surface area contributed by atoms with Crippen LogP contribution in [0.4, 0.5) is 11.6 Å². The number of nitrogens with one attached hydrogen (secondary N) is 2. The summed E-state index contributed by atoms with van der Waals surface area (Å²) in [5, 5.41) is 6.23. The molecule has 0 bridgehead atoms. The molecule has 0 spiro atoms. The van der Waals surface area contributed by atoms with Crippen molar-refractivity contribution >= 4 is 11.6 Å². The number of nitrogens with zero attached hydrogens (tertiary/aromatic N) is 4. The van der Waals surface area contributed by atoms with E-state index in [9.17, 15) is 0 Å². The molecule has 22 heavy (non-hydrogen) atoms. The molecule has 0 aliphatic carbocycles. The van der Waals surface area contributed by atoms with Gasteiger partial charge in [-0.05, 0) is 25.5 Å². The highest BCUT2D eigenvalue weighted by atomic mass is 15.2. The van der Waals surface area contributed by atoms with Crippen LogP contribution < -0.4 is 10.6 Å². The van der Waals surface area contributed by atoms with Gasteiger partial charge in [0, 0.05) is 32.4 Å². The molecular formula is C16H22N6. The van der Waals surface area contributed by atoms with E-state index in [0.29, 0.717) is 6.04 Å². The Labute approximate surface area is 131 Å². The lowest BCUT2D eigenvalue weighted by atomic mass is 10.1. The molecule has 2 N–H and O–H groups in total. The summed E-state index contributed by atoms with van der Waals surface area (Å²) in [5.74, 6) is 1.77. The summed E-state index contributed by atoms with van der Waals surface area (Å²) in [6.45, 7) is 1.95. The van der Waals surface area contributed by atoms with E-state index in [0.717, 1.165) is 36.8 Å². The number of rotatable bonds is 5. The molecule has 0 aromatic carbocycles. The van der Waals surface area contributed by atoms with Gasteiger partial charge < -0.3 is 10.6 Å². The van der Waals surface area contributed by atoms with Crippen molar-refractivity contribution in [1.29, 1.82) is 0 Å². The van der Waals surface area contributed by atoms with Crippen LogP contribution in [-0.4, -0.2) is 40.5 Å². The molecule has 0 unspecified atom stereocenters. The molecule has 116 valence electrons. The number of likely N-dealkylation sites (tertiary alicyclic amines) is 1. The van der Waals surface area contributed by atoms with Crippen LogP contribution in [0.15, 0.2) is 30.7 Å². The monoisotopic (exact) mass is 298 g/mol. The lowest BCUT2D eigenvalue weighted by Crippen LogP contribution is -2.24. The summed E-state index contributed by atoms with van der Waals surface area (Å²) < 4.78 is 0. The smallest absolute Gasteiger partial charge is 0.144 e. The fourth-order valence-electron chi connectivity index (χ4n) is 3.02. The van der Waals surface area contributed by atoms with Crippen molar-refractivity contribution in [2.75, 3.05) is 31.3 Å². The zero-order valence-electron chi connectivity index (χ0n) is 13.1. The van der Waals surface area contributed by atoms with Gasteiger partial charge >= 0.3 is 0 Å². The quantitative estimate of drug-likeness (QED) is 0.883. The molecule has 3 heterocycles. The summed E-state index contributed by atoms with van der Waals surface area (Å²) in [4.78, 5) is 15.8. The standard InChI is InChI=1S/C16H22N6/c1-17-15-10-19-9-13(21-15)14-6-4-8-22(14)11-12-5-3-7-20-16(12)18-2/h3,5,7,9-10,14H,4,6,8,11H2,1-2H3,(H,17,21)(H,18,20)/t14-/m0/s1. The summed E-state index contributed by atoms with van der Waals surface area (Å²) in [6.07, 6.45) is 7.76. The van der Waals surface area contributed by atoms with Crippen molar-refractivity contribution in [1.82, 2.24) is 19.9 Å². The first kappa shape index (κ1) is 14.7. The number of hydrogen-bond acceptors (Lipinski definition) is 6. The molecule has 2 aromatic rings. The maximum absolute atomic E-state index is 4.66. The van der Waals surface area contributed by atoms with E-state index in [2.05, 4.69) is 36.6 Å². The molecule has 1 aliphatic heterocycles. The number of aromatic nitrogens is 3. The van der Waals surface area contributed by atoms with E-state index < -0.39 is 0 Å². The zero-order chi connectivity index (χ0) is 15.4. The Balaban J connectivity index is 1.81. The third-order valence-corrected chi connectivity index (χ3v) is 4.12. The average molecular weight is 298 g/mol. The SMILES string of the molecule is CNc1cncc([C@@H]2CCCN2Cc2cccnc2NC)n1. The molecule has 0 amide bonds. The average Bonchev–Trinajstić information content (AvgIpc) is 3.03. The third kappa shape index (κ3) is 3.01. The van der Waals surface area contributed by atoms with Crippen molar-refractivity contribution in [2.45, 2.75) is 25.4 Å². The first-order valence-electron chi connectivity index (χ1n) is 7.67. The van der Waals surface area contributed by atoms with Crippen LogP contribution >= 0.6 is 0 Å². The van der Waals surface area contributed by atoms with Gasteiger partial charge in [-0.2, -0.15) is 0 Å². The molecule has 1 fully saturated rings. The van der Waals surface area contributed by atoms with Gasteiger partial charge in [-0.25, -0.2) is 9.97 Å². The lowest BCUT2D eigenvalue weighted by Gasteiger charge is -2.24. The molecule has 3 rings (SSSR count). The first-order chi connectivity index (χ1) is 10.8. The molecule has 1 aliphatic rings. The van der Waals surface area contributed by atoms with Gasteiger partial charge in [0.05, 0.1) is 24.1 Å². The van der Waals surface area contributed by atoms with E-state index in [1.54, 1.807) is 6.20 Å². The molecule has 0 saturated carbocycles. The van der Waals surface area contributed by atoms with Gasteiger partial charge in [0.15, 0.2) is 0 Å². The Morgan fingerprint density at radius 2 is 2.18 bits per heavy atom. The maximum atomic E-state index is 4.66. The molecule has 6 heteroatoms. The van der Waals surface area contributed by atoms with Crippen molar-refractivity contribution in [3.8, 4) is 0 Å². The van der Waals surface area contributed by atoms with E-state index in [-0.39, 0.29) is 0 Å². The second-order valence-corrected chi connectivity index (χ2v) is 5.47. The summed E-state index contributed by atoms with van der Waals surface area (Å²) in [7, 11) is 3.78. The second-order valence-electron chi connectivity index (χ2n) is 5.47. The predicted molar refractivity (Wildman–Crippen MR) is 87.7 cm³/mol. The van der Waals surface area contributed by atoms with Gasteiger partial charge in [0.2, 0.25) is 0 Å². The van der Waals surface area contributed by atoms with E-state index >= 15 is 0 Å². The molecule has 1 saturated heterocycles. The molecule has 1 atom stereocenters. The van der Waals surface area contributed by atoms with Gasteiger partial charge in [0.25, 0.3) is 0 Å². The molecule has 0 radical (unpaired) electrons. The molecule has 6 nitrogen and oxygen atoms in total. The zero-order valence-corrected chi connectivity index (χ0v) is 13.1. The highest BCUT2D eigenvalue weighted by molar-refractivity contribution is 5.43. The van der Waals surface area contributed by atoms with Crippen molar-refractivity contribution in [3.05, 3.63) is 42.0 Å². The van der Waals surface area contributed by atoms with Crippen molar-refractivity contribution in [2.24, 2.45) is 0 Å². The van der Waals surface area contributed by atoms with Crippen LogP contribution in [0.2, 0.25) is 0 Å². The normalized spacial score (nSPS) is 18.4. The van der Waals surface area contributed by atoms with E-state index in [1.807, 2.05) is 32.6 Å². The largest absolute Gasteiger partial charge is 0.373 e. The minimum Gasteiger partial charge on any atom is -0.373 e. The first-order valence-corrected chi connectivity index (χ1v) is 7.67. The van der Waals surface area contributed by atoms with Crippen molar-refractivity contribution in [3.63, 3.8) is 0 Å². The third-order valence-electron chi connectivity index (χ3n) is 4.12. The molecule has 2 aromatic heterocycles. The van der Waals surface area contributed by atoms with Crippen LogP contribution in [-0.2, 0) is 6.54 Å². The second kappa shape index (κ2) is 6.70. The summed E-state index contributed by atoms with van der Waals surface area (Å²) >= 11 is 0. The Morgan fingerprint density at radius 3 is 3.00 bits per heavy atom. The summed E-state index contributed by atoms with van der Waals surface area (Å²) in [5.41, 5.74) is 2.26. The van der Waals surface area contributed by atoms with E-state index in [4.69, 9.17) is 0 Å². The predicted octanol–water partition coefficient (Wildman–Crippen LogP) is 2.29. The lowest BCUT2D eigenvalue weighted by molar-refractivity contribution is 0.244. The minimum absolute atomic E-state index is 0.325. The summed E-state index contributed by atoms with van der Waals surface area (Å²) in [6, 6.07) is 4.44. The Kier molecular flexibility index (Phi) is 4.48. The van der Waals surface area contributed by atoms with Gasteiger partial charge in [-0.15, -0.1) is 0 Å². The van der Waals surface area contributed by atoms with Gasteiger partial charge in [-0.3, -0.25) is 9.88 Å². The van der Waals surface area contributed by atoms with Gasteiger partial charge in [0.1, 0.15) is 11.6 Å². The van der Waals surface area contributed by atoms with Crippen LogP contribution in [0.25, 0.3) is 0 Å². The Bertz CT molecular complexity index is 630. The van der Waals surface area contributed by atoms with Crippen LogP contribution in [0.3, 0.4) is 0 Å². The van der Waals surface area contributed by atoms with E-state index in [1.165, 1.54) is 12.0 Å². The van der Waals surface area contributed by atoms with Gasteiger partial charge in [-0.1, -0.05) is 6.07 Å². The maximum Gasteiger partial charge on any atom is 0.144 e. The van der Waals surface area contributed by atoms with Crippen molar-refractivity contribution < 1.29 is 0 Å². The minimum atomic E-state index is 0.325.